The van der Waals surface area contributed by atoms with Crippen molar-refractivity contribution in [3.8, 4) is 11.1 Å². The Morgan fingerprint density at radius 2 is 1.98 bits per heavy atom. The quantitative estimate of drug-likeness (QED) is 0.0962. The summed E-state index contributed by atoms with van der Waals surface area (Å²) >= 11 is 0. The molecule has 12 heteroatoms. The SMILES string of the molecule is Cc1cccnc1N(C(=O)c1ccc(-c2cnn(C)c2C(N)=NNNC(C)OC(=O)C(C)C)cc1)[C@@H]1CCCNC1. The van der Waals surface area contributed by atoms with Crippen molar-refractivity contribution in [2.75, 3.05) is 18.0 Å². The zero-order valence-corrected chi connectivity index (χ0v) is 24.2. The Labute approximate surface area is 240 Å². The van der Waals surface area contributed by atoms with E-state index in [0.717, 1.165) is 42.6 Å². The van der Waals surface area contributed by atoms with Gasteiger partial charge in [0.1, 0.15) is 11.5 Å². The van der Waals surface area contributed by atoms with Gasteiger partial charge < -0.3 is 15.8 Å². The van der Waals surface area contributed by atoms with E-state index in [1.54, 1.807) is 44.9 Å². The number of piperidine rings is 1. The number of esters is 1. The highest BCUT2D eigenvalue weighted by atomic mass is 16.6. The lowest BCUT2D eigenvalue weighted by atomic mass is 10.0. The van der Waals surface area contributed by atoms with Crippen LogP contribution in [-0.2, 0) is 16.6 Å². The summed E-state index contributed by atoms with van der Waals surface area (Å²) in [5.41, 5.74) is 15.4. The molecular formula is C29H39N9O3. The summed E-state index contributed by atoms with van der Waals surface area (Å²) < 4.78 is 6.87. The predicted octanol–water partition coefficient (Wildman–Crippen LogP) is 2.45. The van der Waals surface area contributed by atoms with Gasteiger partial charge in [-0.3, -0.25) is 19.2 Å². The third-order valence-corrected chi connectivity index (χ3v) is 6.90. The fraction of sp³-hybridized carbons (Fsp3) is 0.414. The number of benzene rings is 1. The maximum absolute atomic E-state index is 13.9. The van der Waals surface area contributed by atoms with E-state index in [1.165, 1.54) is 0 Å². The van der Waals surface area contributed by atoms with Crippen LogP contribution in [0.2, 0.25) is 0 Å². The van der Waals surface area contributed by atoms with Crippen molar-refractivity contribution < 1.29 is 14.3 Å². The van der Waals surface area contributed by atoms with Gasteiger partial charge in [0.25, 0.3) is 5.91 Å². The molecule has 2 atom stereocenters. The van der Waals surface area contributed by atoms with Gasteiger partial charge in [-0.25, -0.2) is 10.5 Å². The number of hydrogen-bond acceptors (Lipinski definition) is 9. The molecule has 1 aliphatic heterocycles. The fourth-order valence-electron chi connectivity index (χ4n) is 4.68. The topological polar surface area (TPSA) is 152 Å². The first-order chi connectivity index (χ1) is 19.7. The molecule has 41 heavy (non-hydrogen) atoms. The highest BCUT2D eigenvalue weighted by molar-refractivity contribution is 6.07. The number of hydrazine groups is 1. The van der Waals surface area contributed by atoms with Crippen LogP contribution in [0.25, 0.3) is 11.1 Å². The number of hydrazone groups is 1. The minimum absolute atomic E-state index is 0.0168. The van der Waals surface area contributed by atoms with Gasteiger partial charge in [-0.2, -0.15) is 10.5 Å². The number of amides is 1. The average molecular weight is 562 g/mol. The van der Waals surface area contributed by atoms with E-state index in [4.69, 9.17) is 10.5 Å². The zero-order valence-electron chi connectivity index (χ0n) is 24.2. The molecule has 12 nitrogen and oxygen atoms in total. The molecule has 0 bridgehead atoms. The number of carbonyl (C=O) groups excluding carboxylic acids is 2. The predicted molar refractivity (Wildman–Crippen MR) is 158 cm³/mol. The van der Waals surface area contributed by atoms with E-state index in [2.05, 4.69) is 31.5 Å². The van der Waals surface area contributed by atoms with E-state index in [0.29, 0.717) is 17.1 Å². The average Bonchev–Trinajstić information content (AvgIpc) is 3.36. The molecule has 3 aromatic rings. The van der Waals surface area contributed by atoms with E-state index in [1.807, 2.05) is 48.2 Å². The van der Waals surface area contributed by atoms with Crippen LogP contribution in [0.1, 0.15) is 55.2 Å². The van der Waals surface area contributed by atoms with Crippen molar-refractivity contribution in [2.45, 2.75) is 52.8 Å². The lowest BCUT2D eigenvalue weighted by Gasteiger charge is -2.34. The van der Waals surface area contributed by atoms with Crippen molar-refractivity contribution in [3.63, 3.8) is 0 Å². The second-order valence-corrected chi connectivity index (χ2v) is 10.4. The van der Waals surface area contributed by atoms with Gasteiger partial charge in [0, 0.05) is 30.9 Å². The molecule has 2 aromatic heterocycles. The molecule has 1 saturated heterocycles. The minimum atomic E-state index is -0.614. The third-order valence-electron chi connectivity index (χ3n) is 6.90. The molecule has 0 spiro atoms. The second kappa shape index (κ2) is 13.4. The summed E-state index contributed by atoms with van der Waals surface area (Å²) in [5.74, 6) is 0.202. The van der Waals surface area contributed by atoms with Crippen molar-refractivity contribution in [1.29, 1.82) is 0 Å². The first-order valence-corrected chi connectivity index (χ1v) is 13.8. The molecule has 5 N–H and O–H groups in total. The lowest BCUT2D eigenvalue weighted by molar-refractivity contribution is -0.154. The Hall–Kier alpha value is -4.29. The summed E-state index contributed by atoms with van der Waals surface area (Å²) in [6, 6.07) is 11.3. The van der Waals surface area contributed by atoms with Crippen LogP contribution in [0.5, 0.6) is 0 Å². The Kier molecular flexibility index (Phi) is 9.69. The van der Waals surface area contributed by atoms with E-state index in [9.17, 15) is 9.59 Å². The number of aromatic nitrogens is 3. The minimum Gasteiger partial charge on any atom is -0.445 e. The maximum Gasteiger partial charge on any atom is 0.309 e. The van der Waals surface area contributed by atoms with E-state index >= 15 is 0 Å². The summed E-state index contributed by atoms with van der Waals surface area (Å²) in [4.78, 5) is 32.0. The van der Waals surface area contributed by atoms with E-state index < -0.39 is 6.23 Å². The van der Waals surface area contributed by atoms with Gasteiger partial charge in [0.05, 0.1) is 18.2 Å². The smallest absolute Gasteiger partial charge is 0.309 e. The van der Waals surface area contributed by atoms with Crippen molar-refractivity contribution in [3.05, 3.63) is 65.6 Å². The van der Waals surface area contributed by atoms with Crippen LogP contribution >= 0.6 is 0 Å². The number of nitrogens with two attached hydrogens (primary N) is 1. The molecule has 0 radical (unpaired) electrons. The number of nitrogens with one attached hydrogen (secondary N) is 3. The Morgan fingerprint density at radius 1 is 1.22 bits per heavy atom. The van der Waals surface area contributed by atoms with Crippen LogP contribution < -0.4 is 26.9 Å². The normalized spacial score (nSPS) is 16.3. The van der Waals surface area contributed by atoms with Gasteiger partial charge in [-0.1, -0.05) is 32.0 Å². The number of amidine groups is 1. The number of carbonyl (C=O) groups is 2. The van der Waals surface area contributed by atoms with Crippen LogP contribution in [0.15, 0.2) is 53.9 Å². The first-order valence-electron chi connectivity index (χ1n) is 13.8. The first kappa shape index (κ1) is 29.7. The monoisotopic (exact) mass is 561 g/mol. The molecular weight excluding hydrogens is 522 g/mol. The summed E-state index contributed by atoms with van der Waals surface area (Å²) in [5, 5.41) is 11.9. The number of pyridine rings is 1. The molecule has 0 aliphatic carbocycles. The molecule has 1 amide bonds. The van der Waals surface area contributed by atoms with Crippen LogP contribution in [0.4, 0.5) is 5.82 Å². The summed E-state index contributed by atoms with van der Waals surface area (Å²) in [6.07, 6.45) is 4.72. The zero-order chi connectivity index (χ0) is 29.5. The molecule has 1 aromatic carbocycles. The lowest BCUT2D eigenvalue weighted by Crippen LogP contribution is -2.49. The fourth-order valence-corrected chi connectivity index (χ4v) is 4.68. The van der Waals surface area contributed by atoms with Gasteiger partial charge in [0.2, 0.25) is 0 Å². The molecule has 1 unspecified atom stereocenters. The third kappa shape index (κ3) is 7.08. The van der Waals surface area contributed by atoms with Gasteiger partial charge in [-0.15, -0.1) is 5.10 Å². The Bertz CT molecular complexity index is 1380. The highest BCUT2D eigenvalue weighted by Crippen LogP contribution is 2.27. The molecule has 0 saturated carbocycles. The number of hydrogen-bond donors (Lipinski definition) is 4. The van der Waals surface area contributed by atoms with Crippen molar-refractivity contribution in [1.82, 2.24) is 31.0 Å². The second-order valence-electron chi connectivity index (χ2n) is 10.4. The van der Waals surface area contributed by atoms with Crippen LogP contribution in [0, 0.1) is 12.8 Å². The van der Waals surface area contributed by atoms with Crippen LogP contribution in [-0.4, -0.2) is 57.8 Å². The van der Waals surface area contributed by atoms with Crippen LogP contribution in [0.3, 0.4) is 0 Å². The standard InChI is InChI=1S/C29H39N9O3/c1-18(2)29(40)41-20(4)34-36-35-26(30)25-24(17-33-37(25)5)21-10-12-22(13-11-21)28(39)38(23-9-7-14-31-16-23)27-19(3)8-6-15-32-27/h6,8,10-13,15,17-18,20,23,31,34,36H,7,9,14,16H2,1-5H3,(H2,30,35)/t20?,23-/m1/s1. The van der Waals surface area contributed by atoms with E-state index in [-0.39, 0.29) is 29.7 Å². The molecule has 1 fully saturated rings. The highest BCUT2D eigenvalue weighted by Gasteiger charge is 2.29. The number of nitrogens with zero attached hydrogens (tertiary/aromatic N) is 5. The van der Waals surface area contributed by atoms with Gasteiger partial charge in [-0.05, 0) is 62.6 Å². The number of aryl methyl sites for hydroxylation is 2. The van der Waals surface area contributed by atoms with Gasteiger partial charge >= 0.3 is 5.97 Å². The molecule has 218 valence electrons. The number of ether oxygens (including phenoxy) is 1. The Morgan fingerprint density at radius 3 is 2.63 bits per heavy atom. The Balaban J connectivity index is 1.53. The summed E-state index contributed by atoms with van der Waals surface area (Å²) in [7, 11) is 1.77. The largest absolute Gasteiger partial charge is 0.445 e. The number of rotatable bonds is 10. The molecule has 1 aliphatic rings. The van der Waals surface area contributed by atoms with Gasteiger partial charge in [0.15, 0.2) is 12.1 Å². The maximum atomic E-state index is 13.9. The molecule has 3 heterocycles. The molecule has 4 rings (SSSR count). The van der Waals surface area contributed by atoms with Crippen molar-refractivity contribution >= 4 is 23.5 Å². The van der Waals surface area contributed by atoms with Crippen molar-refractivity contribution in [2.24, 2.45) is 23.8 Å². The summed E-state index contributed by atoms with van der Waals surface area (Å²) in [6.45, 7) is 8.84. The number of anilines is 1.